The van der Waals surface area contributed by atoms with E-state index < -0.39 is 10.0 Å². The van der Waals surface area contributed by atoms with Crippen molar-refractivity contribution in [1.82, 2.24) is 9.21 Å². The summed E-state index contributed by atoms with van der Waals surface area (Å²) in [5.74, 6) is -0.509. The number of anilines is 2. The summed E-state index contributed by atoms with van der Waals surface area (Å²) >= 11 is 0. The van der Waals surface area contributed by atoms with Crippen molar-refractivity contribution in [2.75, 3.05) is 44.9 Å². The number of halogens is 1. The summed E-state index contributed by atoms with van der Waals surface area (Å²) in [6, 6.07) is 10.7. The molecule has 0 aromatic heterocycles. The Bertz CT molecular complexity index is 947. The van der Waals surface area contributed by atoms with E-state index in [1.54, 1.807) is 25.2 Å². The normalized spacial score (nSPS) is 11.4. The first-order valence-corrected chi connectivity index (χ1v) is 10.6. The van der Waals surface area contributed by atoms with Crippen LogP contribution in [0.3, 0.4) is 0 Å². The van der Waals surface area contributed by atoms with Gasteiger partial charge < -0.3 is 15.5 Å². The third kappa shape index (κ3) is 5.91. The molecule has 2 aromatic carbocycles. The molecule has 0 atom stereocenters. The van der Waals surface area contributed by atoms with Crippen molar-refractivity contribution in [3.8, 4) is 0 Å². The van der Waals surface area contributed by atoms with Crippen molar-refractivity contribution in [2.24, 2.45) is 0 Å². The first-order chi connectivity index (χ1) is 13.6. The van der Waals surface area contributed by atoms with Crippen LogP contribution in [0.25, 0.3) is 0 Å². The SMILES string of the molecule is CCNc1ccc(S(=O)(=O)N(C)C)cc1NCC(=O)N(C)Cc1ccc(F)cc1. The number of rotatable bonds is 9. The van der Waals surface area contributed by atoms with Crippen molar-refractivity contribution >= 4 is 27.3 Å². The molecular formula is C20H27FN4O3S. The van der Waals surface area contributed by atoms with Gasteiger partial charge in [-0.2, -0.15) is 0 Å². The van der Waals surface area contributed by atoms with Crippen LogP contribution in [0.2, 0.25) is 0 Å². The van der Waals surface area contributed by atoms with Gasteiger partial charge in [-0.1, -0.05) is 12.1 Å². The van der Waals surface area contributed by atoms with Gasteiger partial charge in [-0.05, 0) is 42.8 Å². The number of nitrogens with zero attached hydrogens (tertiary/aromatic N) is 2. The molecule has 0 spiro atoms. The molecule has 0 aliphatic rings. The smallest absolute Gasteiger partial charge is 0.242 e. The summed E-state index contributed by atoms with van der Waals surface area (Å²) in [4.78, 5) is 14.1. The highest BCUT2D eigenvalue weighted by atomic mass is 32.2. The number of amides is 1. The van der Waals surface area contributed by atoms with Crippen LogP contribution in [0.4, 0.5) is 15.8 Å². The van der Waals surface area contributed by atoms with Crippen LogP contribution in [-0.4, -0.2) is 57.8 Å². The van der Waals surface area contributed by atoms with Crippen molar-refractivity contribution in [3.63, 3.8) is 0 Å². The fourth-order valence-corrected chi connectivity index (χ4v) is 3.57. The molecule has 0 fully saturated rings. The Morgan fingerprint density at radius 1 is 1.00 bits per heavy atom. The van der Waals surface area contributed by atoms with E-state index in [2.05, 4.69) is 10.6 Å². The van der Waals surface area contributed by atoms with Crippen LogP contribution in [-0.2, 0) is 21.4 Å². The maximum Gasteiger partial charge on any atom is 0.242 e. The zero-order valence-electron chi connectivity index (χ0n) is 17.1. The van der Waals surface area contributed by atoms with Crippen molar-refractivity contribution in [1.29, 1.82) is 0 Å². The Hall–Kier alpha value is -2.65. The number of hydrogen-bond acceptors (Lipinski definition) is 5. The molecule has 158 valence electrons. The van der Waals surface area contributed by atoms with Gasteiger partial charge in [0.2, 0.25) is 15.9 Å². The average Bonchev–Trinajstić information content (AvgIpc) is 2.68. The minimum atomic E-state index is -3.59. The minimum Gasteiger partial charge on any atom is -0.384 e. The van der Waals surface area contributed by atoms with E-state index in [4.69, 9.17) is 0 Å². The lowest BCUT2D eigenvalue weighted by atomic mass is 10.2. The van der Waals surface area contributed by atoms with E-state index in [1.807, 2.05) is 6.92 Å². The number of sulfonamides is 1. The largest absolute Gasteiger partial charge is 0.384 e. The lowest BCUT2D eigenvalue weighted by Gasteiger charge is -2.20. The van der Waals surface area contributed by atoms with Crippen LogP contribution in [0.1, 0.15) is 12.5 Å². The maximum absolute atomic E-state index is 13.0. The summed E-state index contributed by atoms with van der Waals surface area (Å²) in [5.41, 5.74) is 2.05. The average molecular weight is 423 g/mol. The van der Waals surface area contributed by atoms with Gasteiger partial charge in [0, 0.05) is 34.2 Å². The Morgan fingerprint density at radius 2 is 1.66 bits per heavy atom. The zero-order chi connectivity index (χ0) is 21.6. The van der Waals surface area contributed by atoms with E-state index >= 15 is 0 Å². The molecule has 1 amide bonds. The maximum atomic E-state index is 13.0. The van der Waals surface area contributed by atoms with Gasteiger partial charge in [0.15, 0.2) is 0 Å². The van der Waals surface area contributed by atoms with Crippen LogP contribution in [0.15, 0.2) is 47.4 Å². The standard InChI is InChI=1S/C20H27FN4O3S/c1-5-22-18-11-10-17(29(27,28)24(2)3)12-19(18)23-13-20(26)25(4)14-15-6-8-16(21)9-7-15/h6-12,22-23H,5,13-14H2,1-4H3. The Balaban J connectivity index is 2.12. The molecule has 0 unspecified atom stereocenters. The second kappa shape index (κ2) is 9.71. The van der Waals surface area contributed by atoms with Crippen LogP contribution in [0, 0.1) is 5.82 Å². The number of benzene rings is 2. The van der Waals surface area contributed by atoms with Gasteiger partial charge in [0.25, 0.3) is 0 Å². The molecular weight excluding hydrogens is 395 g/mol. The predicted molar refractivity (Wildman–Crippen MR) is 113 cm³/mol. The molecule has 0 heterocycles. The zero-order valence-corrected chi connectivity index (χ0v) is 17.9. The van der Waals surface area contributed by atoms with Crippen LogP contribution in [0.5, 0.6) is 0 Å². The van der Waals surface area contributed by atoms with Gasteiger partial charge in [0.05, 0.1) is 22.8 Å². The number of carbonyl (C=O) groups excluding carboxylic acids is 1. The molecule has 7 nitrogen and oxygen atoms in total. The summed E-state index contributed by atoms with van der Waals surface area (Å²) in [5, 5.41) is 6.18. The third-order valence-corrected chi connectivity index (χ3v) is 6.14. The molecule has 0 saturated heterocycles. The second-order valence-corrected chi connectivity index (χ2v) is 8.91. The minimum absolute atomic E-state index is 0.0123. The van der Waals surface area contributed by atoms with Gasteiger partial charge in [-0.15, -0.1) is 0 Å². The van der Waals surface area contributed by atoms with Crippen LogP contribution >= 0.6 is 0 Å². The molecule has 29 heavy (non-hydrogen) atoms. The monoisotopic (exact) mass is 422 g/mol. The van der Waals surface area contributed by atoms with Crippen LogP contribution < -0.4 is 10.6 Å². The van der Waals surface area contributed by atoms with E-state index in [0.29, 0.717) is 24.5 Å². The highest BCUT2D eigenvalue weighted by Gasteiger charge is 2.19. The number of nitrogens with one attached hydrogen (secondary N) is 2. The first-order valence-electron chi connectivity index (χ1n) is 9.18. The van der Waals surface area contributed by atoms with Crippen molar-refractivity contribution in [3.05, 3.63) is 53.8 Å². The molecule has 9 heteroatoms. The van der Waals surface area contributed by atoms with Gasteiger partial charge >= 0.3 is 0 Å². The molecule has 2 aromatic rings. The highest BCUT2D eigenvalue weighted by Crippen LogP contribution is 2.26. The molecule has 0 saturated carbocycles. The first kappa shape index (κ1) is 22.6. The summed E-state index contributed by atoms with van der Waals surface area (Å²) in [6.45, 7) is 2.90. The van der Waals surface area contributed by atoms with E-state index in [0.717, 1.165) is 9.87 Å². The summed E-state index contributed by atoms with van der Waals surface area (Å²) < 4.78 is 39.0. The fraction of sp³-hybridized carbons (Fsp3) is 0.350. The Kier molecular flexibility index (Phi) is 7.58. The highest BCUT2D eigenvalue weighted by molar-refractivity contribution is 7.89. The molecule has 2 rings (SSSR count). The number of hydrogen-bond donors (Lipinski definition) is 2. The molecule has 0 aliphatic carbocycles. The van der Waals surface area contributed by atoms with Gasteiger partial charge in [-0.25, -0.2) is 17.1 Å². The van der Waals surface area contributed by atoms with Crippen molar-refractivity contribution in [2.45, 2.75) is 18.4 Å². The quantitative estimate of drug-likeness (QED) is 0.649. The fourth-order valence-electron chi connectivity index (χ4n) is 2.64. The molecule has 2 N–H and O–H groups in total. The number of likely N-dealkylation sites (N-methyl/N-ethyl adjacent to an activating group) is 1. The third-order valence-electron chi connectivity index (χ3n) is 4.33. The Labute approximate surface area is 171 Å². The number of carbonyl (C=O) groups is 1. The van der Waals surface area contributed by atoms with Crippen molar-refractivity contribution < 1.29 is 17.6 Å². The van der Waals surface area contributed by atoms with Gasteiger partial charge in [0.1, 0.15) is 5.82 Å². The molecule has 0 bridgehead atoms. The lowest BCUT2D eigenvalue weighted by Crippen LogP contribution is -2.32. The molecule has 0 radical (unpaired) electrons. The predicted octanol–water partition coefficient (Wildman–Crippen LogP) is 2.58. The topological polar surface area (TPSA) is 81.8 Å². The summed E-state index contributed by atoms with van der Waals surface area (Å²) in [6.07, 6.45) is 0. The summed E-state index contributed by atoms with van der Waals surface area (Å²) in [7, 11) is 1.00. The second-order valence-electron chi connectivity index (χ2n) is 6.75. The van der Waals surface area contributed by atoms with E-state index in [-0.39, 0.29) is 23.2 Å². The van der Waals surface area contributed by atoms with Gasteiger partial charge in [-0.3, -0.25) is 4.79 Å². The molecule has 0 aliphatic heterocycles. The lowest BCUT2D eigenvalue weighted by molar-refractivity contribution is -0.128. The van der Waals surface area contributed by atoms with E-state index in [1.165, 1.54) is 43.3 Å². The van der Waals surface area contributed by atoms with E-state index in [9.17, 15) is 17.6 Å². The Morgan fingerprint density at radius 3 is 2.24 bits per heavy atom.